The van der Waals surface area contributed by atoms with Gasteiger partial charge in [-0.2, -0.15) is 0 Å². The van der Waals surface area contributed by atoms with E-state index in [1.165, 1.54) is 11.9 Å². The highest BCUT2D eigenvalue weighted by atomic mass is 16.4. The molecule has 0 aliphatic rings. The molecule has 0 saturated carbocycles. The molecule has 0 spiro atoms. The van der Waals surface area contributed by atoms with Crippen molar-refractivity contribution in [2.75, 3.05) is 20.2 Å². The van der Waals surface area contributed by atoms with Gasteiger partial charge >= 0.3 is 12.0 Å². The number of carbonyl (C=O) groups is 2. The average molecular weight is 274 g/mol. The highest BCUT2D eigenvalue weighted by Gasteiger charge is 2.30. The lowest BCUT2D eigenvalue weighted by Crippen LogP contribution is -2.52. The molecule has 0 radical (unpaired) electrons. The largest absolute Gasteiger partial charge is 0.480 e. The highest BCUT2D eigenvalue weighted by Crippen LogP contribution is 2.13. The molecule has 2 N–H and O–H groups in total. The van der Waals surface area contributed by atoms with E-state index in [0.717, 1.165) is 12.8 Å². The number of carboxylic acid groups (broad SMARTS) is 1. The Kier molecular flexibility index (Phi) is 8.14. The van der Waals surface area contributed by atoms with Crippen LogP contribution in [0.15, 0.2) is 0 Å². The Balaban J connectivity index is 5.02. The fraction of sp³-hybridized carbons (Fsp3) is 0.846. The van der Waals surface area contributed by atoms with E-state index in [1.54, 1.807) is 11.8 Å². The van der Waals surface area contributed by atoms with Crippen LogP contribution in [0.2, 0.25) is 0 Å². The fourth-order valence-electron chi connectivity index (χ4n) is 2.22. The maximum atomic E-state index is 12.4. The first kappa shape index (κ1) is 17.7. The number of aliphatic carboxylic acids is 1. The van der Waals surface area contributed by atoms with Gasteiger partial charge < -0.3 is 20.0 Å². The predicted octanol–water partition coefficient (Wildman–Crippen LogP) is 1.38. The van der Waals surface area contributed by atoms with E-state index >= 15 is 0 Å². The maximum absolute atomic E-state index is 12.4. The number of amides is 2. The summed E-state index contributed by atoms with van der Waals surface area (Å²) >= 11 is 0. The van der Waals surface area contributed by atoms with Crippen molar-refractivity contribution >= 4 is 12.0 Å². The van der Waals surface area contributed by atoms with Crippen molar-refractivity contribution in [3.8, 4) is 0 Å². The van der Waals surface area contributed by atoms with Gasteiger partial charge in [0.05, 0.1) is 6.61 Å². The lowest BCUT2D eigenvalue weighted by molar-refractivity contribution is -0.142. The van der Waals surface area contributed by atoms with E-state index in [0.29, 0.717) is 6.42 Å². The van der Waals surface area contributed by atoms with Crippen LogP contribution < -0.4 is 0 Å². The molecule has 0 aromatic rings. The quantitative estimate of drug-likeness (QED) is 0.700. The summed E-state index contributed by atoms with van der Waals surface area (Å²) in [6.07, 6.45) is 1.91. The molecule has 0 heterocycles. The van der Waals surface area contributed by atoms with Crippen molar-refractivity contribution in [3.05, 3.63) is 0 Å². The summed E-state index contributed by atoms with van der Waals surface area (Å²) in [6.45, 7) is 5.78. The van der Waals surface area contributed by atoms with Crippen LogP contribution in [0.1, 0.15) is 40.0 Å². The van der Waals surface area contributed by atoms with Crippen LogP contribution in [0, 0.1) is 0 Å². The predicted molar refractivity (Wildman–Crippen MR) is 73.0 cm³/mol. The van der Waals surface area contributed by atoms with E-state index in [1.807, 2.05) is 13.8 Å². The molecule has 0 aromatic heterocycles. The van der Waals surface area contributed by atoms with E-state index in [4.69, 9.17) is 10.2 Å². The lowest BCUT2D eigenvalue weighted by atomic mass is 10.1. The zero-order chi connectivity index (χ0) is 15.0. The smallest absolute Gasteiger partial charge is 0.326 e. The summed E-state index contributed by atoms with van der Waals surface area (Å²) < 4.78 is 0. The summed E-state index contributed by atoms with van der Waals surface area (Å²) in [6, 6.07) is -1.14. The van der Waals surface area contributed by atoms with Crippen LogP contribution in [0.25, 0.3) is 0 Å². The molecule has 2 amide bonds. The Morgan fingerprint density at radius 1 is 1.11 bits per heavy atom. The molecular weight excluding hydrogens is 248 g/mol. The van der Waals surface area contributed by atoms with E-state index in [2.05, 4.69) is 0 Å². The first-order chi connectivity index (χ1) is 8.94. The van der Waals surface area contributed by atoms with Crippen LogP contribution >= 0.6 is 0 Å². The van der Waals surface area contributed by atoms with Gasteiger partial charge in [0.25, 0.3) is 0 Å². The van der Waals surface area contributed by atoms with Gasteiger partial charge in [0, 0.05) is 19.6 Å². The zero-order valence-corrected chi connectivity index (χ0v) is 12.3. The molecule has 0 rings (SSSR count). The first-order valence-corrected chi connectivity index (χ1v) is 6.81. The summed E-state index contributed by atoms with van der Waals surface area (Å²) in [5, 5.41) is 18.2. The molecule has 0 aliphatic heterocycles. The van der Waals surface area contributed by atoms with Gasteiger partial charge in [-0.25, -0.2) is 9.59 Å². The minimum Gasteiger partial charge on any atom is -0.480 e. The molecule has 1 atom stereocenters. The van der Waals surface area contributed by atoms with Crippen molar-refractivity contribution in [1.29, 1.82) is 0 Å². The lowest BCUT2D eigenvalue weighted by Gasteiger charge is -2.35. The molecular formula is C13H26N2O4. The van der Waals surface area contributed by atoms with Crippen molar-refractivity contribution < 1.29 is 19.8 Å². The summed E-state index contributed by atoms with van der Waals surface area (Å²) in [4.78, 5) is 26.3. The summed E-state index contributed by atoms with van der Waals surface area (Å²) in [5.74, 6) is -1.01. The Bertz CT molecular complexity index is 292. The minimum absolute atomic E-state index is 0.0217. The first-order valence-electron chi connectivity index (χ1n) is 6.81. The molecule has 6 heteroatoms. The van der Waals surface area contributed by atoms with Crippen molar-refractivity contribution in [2.45, 2.75) is 52.1 Å². The number of urea groups is 1. The van der Waals surface area contributed by atoms with Crippen molar-refractivity contribution in [3.63, 3.8) is 0 Å². The monoisotopic (exact) mass is 274 g/mol. The number of rotatable bonds is 8. The number of aliphatic hydroxyl groups is 1. The Morgan fingerprint density at radius 2 is 1.63 bits per heavy atom. The summed E-state index contributed by atoms with van der Waals surface area (Å²) in [5.41, 5.74) is 0. The molecule has 19 heavy (non-hydrogen) atoms. The third-order valence-electron chi connectivity index (χ3n) is 3.41. The van der Waals surface area contributed by atoms with Gasteiger partial charge in [-0.05, 0) is 19.3 Å². The Hall–Kier alpha value is -1.30. The second-order valence-corrected chi connectivity index (χ2v) is 4.54. The van der Waals surface area contributed by atoms with Crippen molar-refractivity contribution in [1.82, 2.24) is 9.80 Å². The van der Waals surface area contributed by atoms with Crippen LogP contribution in [-0.2, 0) is 4.79 Å². The minimum atomic E-state index is -1.01. The number of aliphatic hydroxyl groups excluding tert-OH is 1. The third kappa shape index (κ3) is 4.70. The van der Waals surface area contributed by atoms with Crippen LogP contribution in [0.5, 0.6) is 0 Å². The maximum Gasteiger partial charge on any atom is 0.326 e. The molecule has 0 aliphatic carbocycles. The second-order valence-electron chi connectivity index (χ2n) is 4.54. The standard InChI is InChI=1S/C13H26N2O4/c1-5-10(6-2)15(8-9-16)13(19)14(4)11(7-3)12(17)18/h10-11,16H,5-9H2,1-4H3,(H,17,18). The average Bonchev–Trinajstić information content (AvgIpc) is 2.38. The number of nitrogens with zero attached hydrogens (tertiary/aromatic N) is 2. The fourth-order valence-corrected chi connectivity index (χ4v) is 2.22. The van der Waals surface area contributed by atoms with E-state index < -0.39 is 12.0 Å². The van der Waals surface area contributed by atoms with Gasteiger partial charge in [-0.15, -0.1) is 0 Å². The Morgan fingerprint density at radius 3 is 1.95 bits per heavy atom. The van der Waals surface area contributed by atoms with Crippen LogP contribution in [0.3, 0.4) is 0 Å². The van der Waals surface area contributed by atoms with Gasteiger partial charge in [-0.1, -0.05) is 20.8 Å². The molecule has 0 aromatic carbocycles. The van der Waals surface area contributed by atoms with Crippen LogP contribution in [-0.4, -0.2) is 64.3 Å². The SMILES string of the molecule is CCC(C(=O)O)N(C)C(=O)N(CCO)C(CC)CC. The molecule has 6 nitrogen and oxygen atoms in total. The molecule has 0 fully saturated rings. The topological polar surface area (TPSA) is 81.1 Å². The number of hydrogen-bond acceptors (Lipinski definition) is 3. The van der Waals surface area contributed by atoms with Gasteiger partial charge in [0.15, 0.2) is 0 Å². The molecule has 0 bridgehead atoms. The summed E-state index contributed by atoms with van der Waals surface area (Å²) in [7, 11) is 1.50. The van der Waals surface area contributed by atoms with Crippen molar-refractivity contribution in [2.24, 2.45) is 0 Å². The molecule has 1 unspecified atom stereocenters. The van der Waals surface area contributed by atoms with E-state index in [9.17, 15) is 9.59 Å². The van der Waals surface area contributed by atoms with Gasteiger partial charge in [0.1, 0.15) is 6.04 Å². The molecule has 0 saturated heterocycles. The third-order valence-corrected chi connectivity index (χ3v) is 3.41. The Labute approximate surface area is 115 Å². The normalized spacial score (nSPS) is 12.3. The van der Waals surface area contributed by atoms with E-state index in [-0.39, 0.29) is 25.2 Å². The van der Waals surface area contributed by atoms with Gasteiger partial charge in [-0.3, -0.25) is 0 Å². The molecule has 112 valence electrons. The number of carboxylic acids is 1. The van der Waals surface area contributed by atoms with Gasteiger partial charge in [0.2, 0.25) is 0 Å². The highest BCUT2D eigenvalue weighted by molar-refractivity contribution is 5.82. The van der Waals surface area contributed by atoms with Crippen LogP contribution in [0.4, 0.5) is 4.79 Å². The number of hydrogen-bond donors (Lipinski definition) is 2. The number of likely N-dealkylation sites (N-methyl/N-ethyl adjacent to an activating group) is 1. The second kappa shape index (κ2) is 8.74. The number of carbonyl (C=O) groups excluding carboxylic acids is 1. The zero-order valence-electron chi connectivity index (χ0n) is 12.3.